The Morgan fingerprint density at radius 2 is 1.97 bits per heavy atom. The molecule has 0 unspecified atom stereocenters. The summed E-state index contributed by atoms with van der Waals surface area (Å²) in [6, 6.07) is 11.6. The number of non-ortho nitro benzene ring substituents is 1. The summed E-state index contributed by atoms with van der Waals surface area (Å²) in [5.41, 5.74) is 1.22. The van der Waals surface area contributed by atoms with E-state index >= 15 is 0 Å². The number of anilines is 1. The molecule has 0 atom stereocenters. The van der Waals surface area contributed by atoms with E-state index in [-0.39, 0.29) is 24.0 Å². The first-order valence-corrected chi connectivity index (χ1v) is 9.98. The zero-order valence-electron chi connectivity index (χ0n) is 16.3. The lowest BCUT2D eigenvalue weighted by molar-refractivity contribution is -0.384. The molecule has 0 N–H and O–H groups in total. The number of carbonyl (C=O) groups is 1. The van der Waals surface area contributed by atoms with E-state index in [2.05, 4.69) is 4.98 Å². The number of nitro groups is 1. The predicted molar refractivity (Wildman–Crippen MR) is 125 cm³/mol. The summed E-state index contributed by atoms with van der Waals surface area (Å²) in [4.78, 5) is 31.5. The van der Waals surface area contributed by atoms with Gasteiger partial charge in [0.1, 0.15) is 5.52 Å². The number of rotatable bonds is 7. The van der Waals surface area contributed by atoms with Crippen molar-refractivity contribution in [3.05, 3.63) is 69.2 Å². The molecule has 3 rings (SSSR count). The minimum Gasteiger partial charge on any atom is -0.308 e. The van der Waals surface area contributed by atoms with E-state index in [1.54, 1.807) is 29.2 Å². The van der Waals surface area contributed by atoms with Crippen LogP contribution in [0.25, 0.3) is 16.3 Å². The Labute approximate surface area is 189 Å². The third kappa shape index (κ3) is 5.76. The van der Waals surface area contributed by atoms with Gasteiger partial charge >= 0.3 is 0 Å². The van der Waals surface area contributed by atoms with Crippen LogP contribution in [-0.4, -0.2) is 47.9 Å². The van der Waals surface area contributed by atoms with E-state index in [9.17, 15) is 14.9 Å². The van der Waals surface area contributed by atoms with Crippen LogP contribution < -0.4 is 4.90 Å². The third-order valence-corrected chi connectivity index (χ3v) is 5.47. The van der Waals surface area contributed by atoms with Crippen LogP contribution in [0.4, 0.5) is 10.8 Å². The van der Waals surface area contributed by atoms with Gasteiger partial charge in [-0.2, -0.15) is 0 Å². The van der Waals surface area contributed by atoms with Crippen molar-refractivity contribution in [3.63, 3.8) is 0 Å². The fourth-order valence-electron chi connectivity index (χ4n) is 2.62. The zero-order chi connectivity index (χ0) is 21.0. The first-order chi connectivity index (χ1) is 13.8. The summed E-state index contributed by atoms with van der Waals surface area (Å²) in [5.74, 6) is -0.256. The molecule has 0 aliphatic carbocycles. The highest BCUT2D eigenvalue weighted by Crippen LogP contribution is 2.33. The second-order valence-corrected chi connectivity index (χ2v) is 7.98. The van der Waals surface area contributed by atoms with Crippen LogP contribution in [-0.2, 0) is 4.79 Å². The number of nitrogens with zero attached hydrogens (tertiary/aromatic N) is 4. The van der Waals surface area contributed by atoms with Gasteiger partial charge in [0.05, 0.1) is 14.6 Å². The minimum absolute atomic E-state index is 0. The maximum atomic E-state index is 12.9. The fourth-order valence-corrected chi connectivity index (χ4v) is 3.92. The molecule has 0 aliphatic rings. The maximum absolute atomic E-state index is 12.9. The Balaban J connectivity index is 0.00000320. The lowest BCUT2D eigenvalue weighted by Crippen LogP contribution is -2.35. The summed E-state index contributed by atoms with van der Waals surface area (Å²) in [6.45, 7) is 1.10. The summed E-state index contributed by atoms with van der Waals surface area (Å²) in [7, 11) is 3.85. The lowest BCUT2D eigenvalue weighted by Gasteiger charge is -2.20. The van der Waals surface area contributed by atoms with Gasteiger partial charge in [0.2, 0.25) is 0 Å². The molecular weight excluding hydrogens is 447 g/mol. The Bertz CT molecular complexity index is 1080. The van der Waals surface area contributed by atoms with Crippen LogP contribution in [0.15, 0.2) is 48.5 Å². The second-order valence-electron chi connectivity index (χ2n) is 6.56. The number of hydrogen-bond donors (Lipinski definition) is 0. The second kappa shape index (κ2) is 10.5. The number of likely N-dealkylation sites (N-methyl/N-ethyl adjacent to an activating group) is 1. The summed E-state index contributed by atoms with van der Waals surface area (Å²) < 4.78 is 0.901. The number of halogens is 2. The standard InChI is InChI=1S/C20H19ClN4O3S.ClH/c1-23(2)11-12-24(20-22-19-16(21)7-4-8-17(19)29-20)18(26)10-9-14-5-3-6-15(13-14)25(27)28;/h3-10,13H,11-12H2,1-2H3;1H. The molecule has 0 radical (unpaired) electrons. The summed E-state index contributed by atoms with van der Waals surface area (Å²) in [6.07, 6.45) is 2.97. The van der Waals surface area contributed by atoms with Crippen molar-refractivity contribution in [2.24, 2.45) is 0 Å². The van der Waals surface area contributed by atoms with Gasteiger partial charge in [-0.1, -0.05) is 41.1 Å². The molecule has 0 spiro atoms. The molecule has 0 aliphatic heterocycles. The Hall–Kier alpha value is -2.52. The number of thiazole rings is 1. The number of aromatic nitrogens is 1. The number of carbonyl (C=O) groups excluding carboxylic acids is 1. The van der Waals surface area contributed by atoms with Gasteiger partial charge in [-0.15, -0.1) is 12.4 Å². The number of benzene rings is 2. The number of amides is 1. The fraction of sp³-hybridized carbons (Fsp3) is 0.200. The van der Waals surface area contributed by atoms with Gasteiger partial charge < -0.3 is 4.90 Å². The highest BCUT2D eigenvalue weighted by atomic mass is 35.5. The quantitative estimate of drug-likeness (QED) is 0.281. The molecule has 1 amide bonds. The van der Waals surface area contributed by atoms with Crippen LogP contribution in [0.1, 0.15) is 5.56 Å². The Morgan fingerprint density at radius 1 is 1.23 bits per heavy atom. The van der Waals surface area contributed by atoms with Crippen molar-refractivity contribution in [1.82, 2.24) is 9.88 Å². The highest BCUT2D eigenvalue weighted by molar-refractivity contribution is 7.22. The van der Waals surface area contributed by atoms with E-state index in [0.29, 0.717) is 34.3 Å². The minimum atomic E-state index is -0.465. The van der Waals surface area contributed by atoms with Crippen molar-refractivity contribution in [2.75, 3.05) is 32.1 Å². The number of nitro benzene ring substituents is 1. The molecule has 3 aromatic rings. The van der Waals surface area contributed by atoms with E-state index in [1.807, 2.05) is 31.1 Å². The van der Waals surface area contributed by atoms with Crippen LogP contribution >= 0.6 is 35.3 Å². The molecule has 7 nitrogen and oxygen atoms in total. The molecule has 10 heteroatoms. The molecule has 0 bridgehead atoms. The normalized spacial score (nSPS) is 11.1. The topological polar surface area (TPSA) is 79.6 Å². The van der Waals surface area contributed by atoms with Gasteiger partial charge in [0.15, 0.2) is 5.13 Å². The van der Waals surface area contributed by atoms with Gasteiger partial charge in [-0.25, -0.2) is 4.98 Å². The monoisotopic (exact) mass is 466 g/mol. The predicted octanol–water partition coefficient (Wildman–Crippen LogP) is 4.89. The molecule has 30 heavy (non-hydrogen) atoms. The molecule has 1 heterocycles. The third-order valence-electron chi connectivity index (χ3n) is 4.13. The van der Waals surface area contributed by atoms with Gasteiger partial charge in [0, 0.05) is 31.3 Å². The first kappa shape index (κ1) is 23.8. The molecule has 2 aromatic carbocycles. The molecule has 158 valence electrons. The van der Waals surface area contributed by atoms with E-state index in [4.69, 9.17) is 11.6 Å². The van der Waals surface area contributed by atoms with Crippen molar-refractivity contribution >= 4 is 68.4 Å². The maximum Gasteiger partial charge on any atom is 0.270 e. The summed E-state index contributed by atoms with van der Waals surface area (Å²) >= 11 is 7.62. The first-order valence-electron chi connectivity index (χ1n) is 8.79. The van der Waals surface area contributed by atoms with E-state index in [1.165, 1.54) is 29.5 Å². The average Bonchev–Trinajstić information content (AvgIpc) is 3.12. The van der Waals surface area contributed by atoms with Crippen LogP contribution in [0.3, 0.4) is 0 Å². The number of fused-ring (bicyclic) bond motifs is 1. The van der Waals surface area contributed by atoms with Crippen LogP contribution in [0.5, 0.6) is 0 Å². The number of hydrogen-bond acceptors (Lipinski definition) is 6. The molecule has 1 aromatic heterocycles. The highest BCUT2D eigenvalue weighted by Gasteiger charge is 2.19. The van der Waals surface area contributed by atoms with Crippen LogP contribution in [0.2, 0.25) is 5.02 Å². The average molecular weight is 467 g/mol. The molecule has 0 saturated heterocycles. The van der Waals surface area contributed by atoms with Crippen molar-refractivity contribution in [3.8, 4) is 0 Å². The smallest absolute Gasteiger partial charge is 0.270 e. The SMILES string of the molecule is CN(C)CCN(C(=O)C=Cc1cccc([N+](=O)[O-])c1)c1nc2c(Cl)cccc2s1.Cl. The zero-order valence-corrected chi connectivity index (χ0v) is 18.7. The largest absolute Gasteiger partial charge is 0.308 e. The molecule has 0 fully saturated rings. The Kier molecular flexibility index (Phi) is 8.31. The van der Waals surface area contributed by atoms with Crippen molar-refractivity contribution in [2.45, 2.75) is 0 Å². The van der Waals surface area contributed by atoms with Gasteiger partial charge in [-0.05, 0) is 37.9 Å². The van der Waals surface area contributed by atoms with Crippen LogP contribution in [0, 0.1) is 10.1 Å². The lowest BCUT2D eigenvalue weighted by atomic mass is 10.2. The Morgan fingerprint density at radius 3 is 2.63 bits per heavy atom. The number of para-hydroxylation sites is 1. The van der Waals surface area contributed by atoms with E-state index in [0.717, 1.165) is 4.70 Å². The van der Waals surface area contributed by atoms with Gasteiger partial charge in [0.25, 0.3) is 11.6 Å². The molecule has 0 saturated carbocycles. The van der Waals surface area contributed by atoms with Gasteiger partial charge in [-0.3, -0.25) is 19.8 Å². The summed E-state index contributed by atoms with van der Waals surface area (Å²) in [5, 5.41) is 12.0. The molecular formula is C20H20Cl2N4O3S. The van der Waals surface area contributed by atoms with Crippen molar-refractivity contribution in [1.29, 1.82) is 0 Å². The van der Waals surface area contributed by atoms with E-state index < -0.39 is 4.92 Å². The van der Waals surface area contributed by atoms with Crippen molar-refractivity contribution < 1.29 is 9.72 Å².